The van der Waals surface area contributed by atoms with E-state index in [1.165, 1.54) is 0 Å². The molecule has 4 aromatic carbocycles. The van der Waals surface area contributed by atoms with Crippen molar-refractivity contribution in [2.45, 2.75) is 27.7 Å². The van der Waals surface area contributed by atoms with Gasteiger partial charge in [0.25, 0.3) is 0 Å². The summed E-state index contributed by atoms with van der Waals surface area (Å²) in [5.74, 6) is 5.67. The molecule has 11 aromatic heterocycles. The van der Waals surface area contributed by atoms with Crippen molar-refractivity contribution in [3.63, 3.8) is 0 Å². The van der Waals surface area contributed by atoms with Gasteiger partial charge in [0.05, 0.1) is 11.0 Å². The molecule has 0 saturated carbocycles. The van der Waals surface area contributed by atoms with Crippen LogP contribution in [0.2, 0.25) is 0 Å². The van der Waals surface area contributed by atoms with Crippen molar-refractivity contribution in [3.8, 4) is 79.9 Å². The van der Waals surface area contributed by atoms with E-state index in [0.717, 1.165) is 145 Å². The lowest BCUT2D eigenvalue weighted by molar-refractivity contribution is 0.551. The number of pyridine rings is 4. The smallest absolute Gasteiger partial charge is 0.206 e. The highest BCUT2D eigenvalue weighted by atomic mass is 16.4. The van der Waals surface area contributed by atoms with Gasteiger partial charge in [-0.05, 0) is 196 Å². The van der Waals surface area contributed by atoms with Crippen molar-refractivity contribution in [1.82, 2.24) is 29.1 Å². The summed E-state index contributed by atoms with van der Waals surface area (Å²) in [7, 11) is 0. The molecule has 0 amide bonds. The van der Waals surface area contributed by atoms with E-state index >= 15 is 0 Å². The van der Waals surface area contributed by atoms with E-state index in [0.29, 0.717) is 29.0 Å². The first-order valence-electron chi connectivity index (χ1n) is 28.1. The molecular formula is C74H52N6O5. The molecule has 0 atom stereocenters. The van der Waals surface area contributed by atoms with Crippen LogP contribution in [0.3, 0.4) is 0 Å². The van der Waals surface area contributed by atoms with Crippen molar-refractivity contribution in [3.05, 3.63) is 260 Å². The fraction of sp³-hybridized carbons (Fsp3) is 0.0541. The van der Waals surface area contributed by atoms with Gasteiger partial charge in [-0.3, -0.25) is 24.1 Å². The molecule has 15 aromatic rings. The summed E-state index contributed by atoms with van der Waals surface area (Å²) in [6.07, 6.45) is 15.6. The number of allylic oxidation sites excluding steroid dienone is 6. The molecular weight excluding hydrogens is 1050 g/mol. The Hall–Kier alpha value is -11.3. The summed E-state index contributed by atoms with van der Waals surface area (Å²) < 4.78 is 36.9. The Bertz CT molecular complexity index is 5190. The van der Waals surface area contributed by atoms with Gasteiger partial charge in [-0.15, -0.1) is 0 Å². The maximum atomic E-state index is 6.61. The molecule has 0 aliphatic rings. The second-order valence-corrected chi connectivity index (χ2v) is 21.2. The minimum absolute atomic E-state index is 0.631. The van der Waals surface area contributed by atoms with Crippen molar-refractivity contribution in [2.24, 2.45) is 0 Å². The topological polar surface area (TPSA) is 127 Å². The van der Waals surface area contributed by atoms with E-state index in [1.54, 1.807) is 18.6 Å². The molecule has 0 spiro atoms. The van der Waals surface area contributed by atoms with E-state index < -0.39 is 0 Å². The van der Waals surface area contributed by atoms with Crippen LogP contribution in [0.1, 0.15) is 43.4 Å². The Morgan fingerprint density at radius 3 is 1.68 bits per heavy atom. The largest absolute Gasteiger partial charge is 0.456 e. The Balaban J connectivity index is 0.843. The Morgan fingerprint density at radius 2 is 1.02 bits per heavy atom. The van der Waals surface area contributed by atoms with Gasteiger partial charge >= 0.3 is 0 Å². The minimum Gasteiger partial charge on any atom is -0.456 e. The van der Waals surface area contributed by atoms with Crippen LogP contribution in [0.5, 0.6) is 0 Å². The quantitative estimate of drug-likeness (QED) is 0.104. The number of aromatic nitrogens is 6. The molecule has 0 fully saturated rings. The highest BCUT2D eigenvalue weighted by Gasteiger charge is 2.23. The number of nitrogens with zero attached hydrogens (tertiary/aromatic N) is 6. The molecule has 11 heterocycles. The number of fused-ring (bicyclic) bond motifs is 7. The summed E-state index contributed by atoms with van der Waals surface area (Å²) in [5, 5.41) is 4.93. The third-order valence-electron chi connectivity index (χ3n) is 15.8. The Labute approximate surface area is 488 Å². The van der Waals surface area contributed by atoms with Crippen LogP contribution >= 0.6 is 0 Å². The predicted octanol–water partition coefficient (Wildman–Crippen LogP) is 20.0. The number of benzene rings is 4. The van der Waals surface area contributed by atoms with Crippen LogP contribution in [0.15, 0.2) is 259 Å². The monoisotopic (exact) mass is 1100 g/mol. The fourth-order valence-electron chi connectivity index (χ4n) is 11.6. The zero-order valence-corrected chi connectivity index (χ0v) is 46.9. The third kappa shape index (κ3) is 8.93. The molecule has 0 N–H and O–H groups in total. The van der Waals surface area contributed by atoms with Gasteiger partial charge in [0, 0.05) is 91.8 Å². The average molecular weight is 1110 g/mol. The summed E-state index contributed by atoms with van der Waals surface area (Å²) in [5.41, 5.74) is 16.2. The first-order chi connectivity index (χ1) is 41.7. The Kier molecular flexibility index (Phi) is 12.3. The maximum absolute atomic E-state index is 6.61. The van der Waals surface area contributed by atoms with E-state index in [2.05, 4.69) is 142 Å². The summed E-state index contributed by atoms with van der Waals surface area (Å²) in [6.45, 7) is 12.8. The van der Waals surface area contributed by atoms with Gasteiger partial charge in [0.1, 0.15) is 51.2 Å². The summed E-state index contributed by atoms with van der Waals surface area (Å²) in [6, 6.07) is 61.1. The lowest BCUT2D eigenvalue weighted by atomic mass is 9.94. The van der Waals surface area contributed by atoms with E-state index in [-0.39, 0.29) is 0 Å². The van der Waals surface area contributed by atoms with Crippen molar-refractivity contribution in [1.29, 1.82) is 0 Å². The summed E-state index contributed by atoms with van der Waals surface area (Å²) >= 11 is 0. The second-order valence-electron chi connectivity index (χ2n) is 21.2. The van der Waals surface area contributed by atoms with Crippen molar-refractivity contribution < 1.29 is 22.1 Å². The fourth-order valence-corrected chi connectivity index (χ4v) is 11.6. The predicted molar refractivity (Wildman–Crippen MR) is 340 cm³/mol. The van der Waals surface area contributed by atoms with Crippen LogP contribution in [0.25, 0.3) is 152 Å². The van der Waals surface area contributed by atoms with Crippen molar-refractivity contribution >= 4 is 72.0 Å². The molecule has 85 heavy (non-hydrogen) atoms. The van der Waals surface area contributed by atoms with Crippen LogP contribution in [0, 0.1) is 6.92 Å². The SMILES string of the molecule is C=C(C)/C(=C\c1c(C)n(-c2ccc(-c3ccccn3)o2)c2ccc(-c3ccc(-c4ccccn4)o3)cc12)c1ccc2oc3ccc(-c4cnc5c(c4)c4cc(-c6ccc(/C(C)=C/C=C\C)o6)ccc4n5-c4ccc(-c5ccccn5)o4)cc3c2c1. The van der Waals surface area contributed by atoms with Gasteiger partial charge in [-0.2, -0.15) is 0 Å². The number of hydrogen-bond acceptors (Lipinski definition) is 9. The molecule has 0 bridgehead atoms. The zero-order chi connectivity index (χ0) is 57.3. The van der Waals surface area contributed by atoms with Crippen LogP contribution in [0.4, 0.5) is 0 Å². The normalized spacial score (nSPS) is 12.4. The zero-order valence-electron chi connectivity index (χ0n) is 46.9. The third-order valence-corrected chi connectivity index (χ3v) is 15.8. The van der Waals surface area contributed by atoms with E-state index in [1.807, 2.05) is 128 Å². The molecule has 0 aliphatic heterocycles. The highest BCUT2D eigenvalue weighted by molar-refractivity contribution is 6.12. The lowest BCUT2D eigenvalue weighted by Gasteiger charge is -2.09. The van der Waals surface area contributed by atoms with Crippen LogP contribution in [-0.2, 0) is 0 Å². The van der Waals surface area contributed by atoms with E-state index in [4.69, 9.17) is 27.1 Å². The number of hydrogen-bond donors (Lipinski definition) is 0. The molecule has 15 rings (SSSR count). The molecule has 0 radical (unpaired) electrons. The lowest BCUT2D eigenvalue weighted by Crippen LogP contribution is -1.95. The maximum Gasteiger partial charge on any atom is 0.206 e. The van der Waals surface area contributed by atoms with Gasteiger partial charge < -0.3 is 22.1 Å². The standard InChI is InChI=1S/C74H52N6O5/c1-6-7-14-45(4)64-26-27-65(81-64)50-19-23-63-55(40-50)58-41-51(43-78-74(58)80(63)73-33-31-71(85-73)61-17-10-13-36-77-61)47-20-24-67-56(37-47)57-38-48(21-25-68(57)83-67)52(44(2)3)42-53-46(5)79(72-32-30-70(84-72)60-16-9-12-35-76-60)62-22-18-49(39-54(53)62)66-28-29-69(82-66)59-15-8-11-34-75-59/h6-43H,2H2,1,3-5H3/b7-6-,45-14+,52-42+. The van der Waals surface area contributed by atoms with Crippen LogP contribution in [-0.4, -0.2) is 29.1 Å². The van der Waals surface area contributed by atoms with Gasteiger partial charge in [-0.1, -0.05) is 60.7 Å². The molecule has 0 saturated heterocycles. The van der Waals surface area contributed by atoms with Crippen LogP contribution < -0.4 is 0 Å². The molecule has 408 valence electrons. The molecule has 0 aliphatic carbocycles. The molecule has 0 unspecified atom stereocenters. The first-order valence-corrected chi connectivity index (χ1v) is 28.1. The van der Waals surface area contributed by atoms with Gasteiger partial charge in [0.2, 0.25) is 11.8 Å². The van der Waals surface area contributed by atoms with E-state index in [9.17, 15) is 0 Å². The Morgan fingerprint density at radius 1 is 0.471 bits per heavy atom. The number of furan rings is 5. The van der Waals surface area contributed by atoms with Gasteiger partial charge in [-0.25, -0.2) is 4.98 Å². The average Bonchev–Trinajstić information content (AvgIpc) is 3.59. The first kappa shape index (κ1) is 50.6. The highest BCUT2D eigenvalue weighted by Crippen LogP contribution is 2.43. The second kappa shape index (κ2) is 20.6. The number of rotatable bonds is 13. The molecule has 11 nitrogen and oxygen atoms in total. The minimum atomic E-state index is 0.631. The molecule has 11 heteroatoms. The van der Waals surface area contributed by atoms with Gasteiger partial charge in [0.15, 0.2) is 17.3 Å². The summed E-state index contributed by atoms with van der Waals surface area (Å²) in [4.78, 5) is 18.9. The van der Waals surface area contributed by atoms with Crippen molar-refractivity contribution in [2.75, 3.05) is 0 Å².